The van der Waals surface area contributed by atoms with E-state index in [-0.39, 0.29) is 6.04 Å². The van der Waals surface area contributed by atoms with Gasteiger partial charge in [0.25, 0.3) is 0 Å². The topological polar surface area (TPSA) is 72.5 Å². The summed E-state index contributed by atoms with van der Waals surface area (Å²) in [6.45, 7) is 1.94. The maximum Gasteiger partial charge on any atom is 0.314 e. The van der Waals surface area contributed by atoms with Crippen molar-refractivity contribution in [2.24, 2.45) is 5.73 Å². The number of aryl methyl sites for hydroxylation is 1. The molecule has 1 aromatic rings. The smallest absolute Gasteiger partial charge is 0.314 e. The number of carboxylic acids is 1. The highest BCUT2D eigenvalue weighted by molar-refractivity contribution is 5.84. The lowest BCUT2D eigenvalue weighted by molar-refractivity contribution is -0.148. The molecular formula is C13H17NO3. The van der Waals surface area contributed by atoms with Crippen LogP contribution in [0.5, 0.6) is 5.75 Å². The maximum absolute atomic E-state index is 11.5. The van der Waals surface area contributed by atoms with Crippen LogP contribution in [0.3, 0.4) is 0 Å². The number of methoxy groups -OCH3 is 1. The van der Waals surface area contributed by atoms with Gasteiger partial charge in [0, 0.05) is 11.6 Å². The molecule has 0 aromatic heterocycles. The number of nitrogens with two attached hydrogens (primary N) is 1. The highest BCUT2D eigenvalue weighted by Crippen LogP contribution is 2.47. The van der Waals surface area contributed by atoms with Crippen molar-refractivity contribution >= 4 is 5.97 Å². The van der Waals surface area contributed by atoms with E-state index in [9.17, 15) is 9.90 Å². The molecule has 17 heavy (non-hydrogen) atoms. The van der Waals surface area contributed by atoms with E-state index in [2.05, 4.69) is 0 Å². The third-order valence-electron chi connectivity index (χ3n) is 3.50. The molecule has 1 aliphatic rings. The summed E-state index contributed by atoms with van der Waals surface area (Å²) in [6.07, 6.45) is 0.949. The molecule has 0 saturated heterocycles. The number of carbonyl (C=O) groups is 1. The Morgan fingerprint density at radius 3 is 2.65 bits per heavy atom. The molecule has 3 N–H and O–H groups in total. The highest BCUT2D eigenvalue weighted by Gasteiger charge is 2.51. The summed E-state index contributed by atoms with van der Waals surface area (Å²) < 4.78 is 5.26. The first kappa shape index (κ1) is 11.9. The number of carboxylic acid groups (broad SMARTS) is 1. The second-order valence-electron chi connectivity index (χ2n) is 4.76. The predicted molar refractivity (Wildman–Crippen MR) is 64.3 cm³/mol. The van der Waals surface area contributed by atoms with Gasteiger partial charge in [-0.1, -0.05) is 17.7 Å². The van der Waals surface area contributed by atoms with E-state index in [0.29, 0.717) is 18.6 Å². The third-order valence-corrected chi connectivity index (χ3v) is 3.50. The molecule has 0 radical (unpaired) electrons. The van der Waals surface area contributed by atoms with E-state index in [1.54, 1.807) is 7.11 Å². The lowest BCUT2D eigenvalue weighted by atomic mass is 9.61. The monoisotopic (exact) mass is 235 g/mol. The second kappa shape index (κ2) is 4.04. The normalized spacial score (nSPS) is 27.4. The fourth-order valence-electron chi connectivity index (χ4n) is 2.54. The number of ether oxygens (including phenoxy) is 1. The Balaban J connectivity index is 2.50. The molecule has 0 unspecified atom stereocenters. The number of aliphatic carboxylic acids is 1. The summed E-state index contributed by atoms with van der Waals surface area (Å²) in [5.41, 5.74) is 6.66. The van der Waals surface area contributed by atoms with Crippen molar-refractivity contribution in [3.8, 4) is 5.75 Å². The van der Waals surface area contributed by atoms with Crippen LogP contribution in [0.1, 0.15) is 24.0 Å². The molecule has 1 fully saturated rings. The second-order valence-corrected chi connectivity index (χ2v) is 4.76. The van der Waals surface area contributed by atoms with Crippen molar-refractivity contribution < 1.29 is 14.6 Å². The molecule has 4 heteroatoms. The molecule has 92 valence electrons. The van der Waals surface area contributed by atoms with Crippen LogP contribution in [0, 0.1) is 6.92 Å². The van der Waals surface area contributed by atoms with Crippen molar-refractivity contribution in [1.82, 2.24) is 0 Å². The first-order valence-electron chi connectivity index (χ1n) is 5.64. The molecule has 0 atom stereocenters. The summed E-state index contributed by atoms with van der Waals surface area (Å²) in [7, 11) is 1.56. The van der Waals surface area contributed by atoms with Crippen LogP contribution >= 0.6 is 0 Å². The average molecular weight is 235 g/mol. The molecule has 2 rings (SSSR count). The maximum atomic E-state index is 11.5. The zero-order valence-corrected chi connectivity index (χ0v) is 10.1. The van der Waals surface area contributed by atoms with Gasteiger partial charge in [-0.2, -0.15) is 0 Å². The van der Waals surface area contributed by atoms with Crippen molar-refractivity contribution in [3.05, 3.63) is 29.3 Å². The summed E-state index contributed by atoms with van der Waals surface area (Å²) in [5.74, 6) is -0.187. The molecule has 1 aromatic carbocycles. The van der Waals surface area contributed by atoms with Crippen LogP contribution in [0.4, 0.5) is 0 Å². The number of rotatable bonds is 3. The molecule has 4 nitrogen and oxygen atoms in total. The Morgan fingerprint density at radius 2 is 2.18 bits per heavy atom. The van der Waals surface area contributed by atoms with Gasteiger partial charge >= 0.3 is 5.97 Å². The zero-order chi connectivity index (χ0) is 12.6. The van der Waals surface area contributed by atoms with Gasteiger partial charge in [0.1, 0.15) is 5.75 Å². The van der Waals surface area contributed by atoms with Gasteiger partial charge in [-0.05, 0) is 25.8 Å². The van der Waals surface area contributed by atoms with E-state index >= 15 is 0 Å². The molecule has 0 bridgehead atoms. The first-order valence-corrected chi connectivity index (χ1v) is 5.64. The minimum absolute atomic E-state index is 0.0312. The molecule has 1 aliphatic carbocycles. The van der Waals surface area contributed by atoms with Gasteiger partial charge in [-0.25, -0.2) is 0 Å². The summed E-state index contributed by atoms with van der Waals surface area (Å²) in [5, 5.41) is 9.45. The van der Waals surface area contributed by atoms with Crippen molar-refractivity contribution in [1.29, 1.82) is 0 Å². The van der Waals surface area contributed by atoms with Crippen LogP contribution in [-0.2, 0) is 10.2 Å². The van der Waals surface area contributed by atoms with E-state index in [1.807, 2.05) is 25.1 Å². The van der Waals surface area contributed by atoms with E-state index in [4.69, 9.17) is 10.5 Å². The van der Waals surface area contributed by atoms with Crippen LogP contribution in [0.2, 0.25) is 0 Å². The highest BCUT2D eigenvalue weighted by atomic mass is 16.5. The fourth-order valence-corrected chi connectivity index (χ4v) is 2.54. The molecule has 0 spiro atoms. The van der Waals surface area contributed by atoms with Crippen LogP contribution < -0.4 is 10.5 Å². The van der Waals surface area contributed by atoms with Gasteiger partial charge in [0.15, 0.2) is 0 Å². The summed E-state index contributed by atoms with van der Waals surface area (Å²) >= 11 is 0. The van der Waals surface area contributed by atoms with Gasteiger partial charge in [0.05, 0.1) is 12.5 Å². The molecule has 0 heterocycles. The SMILES string of the molecule is COc1ccc(C)cc1C1(C(=O)O)CC(N)C1. The Labute approximate surface area is 100 Å². The van der Waals surface area contributed by atoms with Gasteiger partial charge in [-0.3, -0.25) is 4.79 Å². The number of hydrogen-bond acceptors (Lipinski definition) is 3. The number of hydrogen-bond donors (Lipinski definition) is 2. The van der Waals surface area contributed by atoms with E-state index < -0.39 is 11.4 Å². The Bertz CT molecular complexity index is 450. The zero-order valence-electron chi connectivity index (χ0n) is 10.1. The molecule has 0 aliphatic heterocycles. The lowest BCUT2D eigenvalue weighted by Gasteiger charge is -2.43. The standard InChI is InChI=1S/C13H17NO3/c1-8-3-4-11(17-2)10(5-8)13(12(15)16)6-9(14)7-13/h3-5,9H,6-7,14H2,1-2H3,(H,15,16). The lowest BCUT2D eigenvalue weighted by Crippen LogP contribution is -2.54. The fraction of sp³-hybridized carbons (Fsp3) is 0.462. The molecule has 0 amide bonds. The van der Waals surface area contributed by atoms with Crippen molar-refractivity contribution in [3.63, 3.8) is 0 Å². The average Bonchev–Trinajstić information content (AvgIpc) is 2.24. The summed E-state index contributed by atoms with van der Waals surface area (Å²) in [4.78, 5) is 11.5. The Morgan fingerprint density at radius 1 is 1.53 bits per heavy atom. The molecule has 1 saturated carbocycles. The van der Waals surface area contributed by atoms with Crippen LogP contribution in [-0.4, -0.2) is 24.2 Å². The van der Waals surface area contributed by atoms with E-state index in [0.717, 1.165) is 11.1 Å². The quantitative estimate of drug-likeness (QED) is 0.831. The van der Waals surface area contributed by atoms with Gasteiger partial charge < -0.3 is 15.6 Å². The minimum Gasteiger partial charge on any atom is -0.496 e. The van der Waals surface area contributed by atoms with Crippen LogP contribution in [0.15, 0.2) is 18.2 Å². The van der Waals surface area contributed by atoms with Crippen molar-refractivity contribution in [2.75, 3.05) is 7.11 Å². The Hall–Kier alpha value is -1.55. The predicted octanol–water partition coefficient (Wildman–Crippen LogP) is 1.45. The van der Waals surface area contributed by atoms with Gasteiger partial charge in [0.2, 0.25) is 0 Å². The minimum atomic E-state index is -0.864. The van der Waals surface area contributed by atoms with Crippen molar-refractivity contribution in [2.45, 2.75) is 31.2 Å². The largest absolute Gasteiger partial charge is 0.496 e. The number of benzene rings is 1. The molecular weight excluding hydrogens is 218 g/mol. The van der Waals surface area contributed by atoms with Crippen LogP contribution in [0.25, 0.3) is 0 Å². The summed E-state index contributed by atoms with van der Waals surface area (Å²) in [6, 6.07) is 5.59. The Kier molecular flexibility index (Phi) is 2.83. The van der Waals surface area contributed by atoms with E-state index in [1.165, 1.54) is 0 Å². The first-order chi connectivity index (χ1) is 7.99. The third kappa shape index (κ3) is 1.78. The van der Waals surface area contributed by atoms with Gasteiger partial charge in [-0.15, -0.1) is 0 Å².